The smallest absolute Gasteiger partial charge is 0.269 e. The van der Waals surface area contributed by atoms with Crippen LogP contribution in [0.4, 0.5) is 0 Å². The molecular weight excluding hydrogens is 334 g/mol. The first-order valence-electron chi connectivity index (χ1n) is 9.24. The maximum absolute atomic E-state index is 13.0. The van der Waals surface area contributed by atoms with Crippen LogP contribution < -0.4 is 10.6 Å². The molecule has 3 N–H and O–H groups in total. The minimum absolute atomic E-state index is 0.156. The van der Waals surface area contributed by atoms with Crippen molar-refractivity contribution >= 4 is 11.8 Å². The van der Waals surface area contributed by atoms with Gasteiger partial charge in [0.2, 0.25) is 5.91 Å². The Morgan fingerprint density at radius 1 is 1.31 bits per heavy atom. The van der Waals surface area contributed by atoms with Gasteiger partial charge >= 0.3 is 0 Å². The van der Waals surface area contributed by atoms with E-state index < -0.39 is 16.6 Å². The van der Waals surface area contributed by atoms with E-state index in [0.717, 1.165) is 25.9 Å². The average Bonchev–Trinajstić information content (AvgIpc) is 3.20. The van der Waals surface area contributed by atoms with Gasteiger partial charge < -0.3 is 25.3 Å². The van der Waals surface area contributed by atoms with Crippen LogP contribution in [0.2, 0.25) is 0 Å². The van der Waals surface area contributed by atoms with E-state index in [9.17, 15) is 9.59 Å². The van der Waals surface area contributed by atoms with E-state index >= 15 is 0 Å². The molecule has 0 radical (unpaired) electrons. The summed E-state index contributed by atoms with van der Waals surface area (Å²) in [6.07, 6.45) is 4.56. The zero-order valence-electron chi connectivity index (χ0n) is 15.6. The van der Waals surface area contributed by atoms with E-state index in [1.54, 1.807) is 4.90 Å². The number of nitrogens with one attached hydrogen (secondary N) is 3. The number of nitrogens with zero attached hydrogens (tertiary/aromatic N) is 2. The molecule has 1 aliphatic carbocycles. The van der Waals surface area contributed by atoms with Crippen molar-refractivity contribution in [1.29, 1.82) is 0 Å². The van der Waals surface area contributed by atoms with E-state index in [0.29, 0.717) is 30.9 Å². The summed E-state index contributed by atoms with van der Waals surface area (Å²) in [6, 6.07) is 0. The maximum Gasteiger partial charge on any atom is 0.269 e. The number of carbonyl (C=O) groups excluding carboxylic acids is 2. The summed E-state index contributed by atoms with van der Waals surface area (Å²) in [5.41, 5.74) is -0.847. The van der Waals surface area contributed by atoms with Gasteiger partial charge in [-0.15, -0.1) is 0 Å². The molecule has 1 spiro atoms. The number of aromatic amines is 1. The van der Waals surface area contributed by atoms with Crippen LogP contribution in [-0.2, 0) is 9.53 Å². The first-order chi connectivity index (χ1) is 12.3. The van der Waals surface area contributed by atoms with Gasteiger partial charge in [-0.3, -0.25) is 9.59 Å². The Labute approximate surface area is 153 Å². The monoisotopic (exact) mass is 361 g/mol. The molecule has 1 aromatic rings. The van der Waals surface area contributed by atoms with E-state index in [1.165, 1.54) is 6.20 Å². The molecule has 26 heavy (non-hydrogen) atoms. The lowest BCUT2D eigenvalue weighted by Crippen LogP contribution is -2.61. The summed E-state index contributed by atoms with van der Waals surface area (Å²) < 4.78 is 6.59. The number of hydrogen-bond acceptors (Lipinski definition) is 5. The molecule has 8 nitrogen and oxygen atoms in total. The second-order valence-corrected chi connectivity index (χ2v) is 8.23. The van der Waals surface area contributed by atoms with Gasteiger partial charge in [0, 0.05) is 20.6 Å². The topological polar surface area (TPSA) is 99.3 Å². The highest BCUT2D eigenvalue weighted by Crippen LogP contribution is 2.69. The van der Waals surface area contributed by atoms with Crippen molar-refractivity contribution in [2.45, 2.75) is 43.8 Å². The molecule has 142 valence electrons. The van der Waals surface area contributed by atoms with Crippen molar-refractivity contribution in [2.24, 2.45) is 5.41 Å². The van der Waals surface area contributed by atoms with Crippen LogP contribution in [0.1, 0.15) is 42.0 Å². The second kappa shape index (κ2) is 5.79. The fraction of sp³-hybridized carbons (Fsp3) is 0.722. The third-order valence-electron chi connectivity index (χ3n) is 6.28. The highest BCUT2D eigenvalue weighted by atomic mass is 16.5. The lowest BCUT2D eigenvalue weighted by molar-refractivity contribution is -0.149. The minimum Gasteiger partial charge on any atom is -0.365 e. The summed E-state index contributed by atoms with van der Waals surface area (Å²) in [5.74, 6) is 0.674. The number of H-pyrrole nitrogens is 1. The van der Waals surface area contributed by atoms with Crippen LogP contribution in [0.15, 0.2) is 6.20 Å². The average molecular weight is 361 g/mol. The number of aromatic nitrogens is 2. The number of hydrogen-bond donors (Lipinski definition) is 3. The summed E-state index contributed by atoms with van der Waals surface area (Å²) in [6.45, 7) is 3.95. The van der Waals surface area contributed by atoms with Crippen molar-refractivity contribution in [1.82, 2.24) is 25.5 Å². The Morgan fingerprint density at radius 2 is 2.00 bits per heavy atom. The lowest BCUT2D eigenvalue weighted by Gasteiger charge is -2.49. The highest BCUT2D eigenvalue weighted by molar-refractivity contribution is 5.92. The predicted molar refractivity (Wildman–Crippen MR) is 94.7 cm³/mol. The lowest BCUT2D eigenvalue weighted by atomic mass is 9.53. The Hall–Kier alpha value is -1.93. The standard InChI is InChI=1S/C18H27N5O3/c1-12-20-8-13(22-12)14(24)21-11-16-9-17(10-16,15(25)23(2)3)18(26-16)4-6-19-7-5-18/h8,19H,4-7,9-11H2,1-3H3,(H,20,22)(H,21,24). The van der Waals surface area contributed by atoms with Crippen molar-refractivity contribution in [3.05, 3.63) is 17.7 Å². The molecule has 2 bridgehead atoms. The van der Waals surface area contributed by atoms with Gasteiger partial charge in [-0.05, 0) is 45.7 Å². The largest absolute Gasteiger partial charge is 0.365 e. The van der Waals surface area contributed by atoms with Gasteiger partial charge in [0.25, 0.3) is 5.91 Å². The number of carbonyl (C=O) groups is 2. The molecule has 3 saturated heterocycles. The van der Waals surface area contributed by atoms with Crippen LogP contribution in [0.25, 0.3) is 0 Å². The first kappa shape index (κ1) is 17.5. The molecule has 0 unspecified atom stereocenters. The van der Waals surface area contributed by atoms with Crippen LogP contribution in [0.3, 0.4) is 0 Å². The highest BCUT2D eigenvalue weighted by Gasteiger charge is 2.77. The fourth-order valence-electron chi connectivity index (χ4n) is 5.17. The van der Waals surface area contributed by atoms with E-state index in [1.807, 2.05) is 21.0 Å². The van der Waals surface area contributed by atoms with Gasteiger partial charge in [0.15, 0.2) is 0 Å². The Kier molecular flexibility index (Phi) is 3.89. The molecule has 0 aromatic carbocycles. The van der Waals surface area contributed by atoms with Crippen LogP contribution in [0.5, 0.6) is 0 Å². The van der Waals surface area contributed by atoms with Gasteiger partial charge in [0.1, 0.15) is 11.5 Å². The van der Waals surface area contributed by atoms with Gasteiger partial charge in [-0.2, -0.15) is 0 Å². The number of piperidine rings is 1. The molecule has 4 heterocycles. The van der Waals surface area contributed by atoms with Crippen molar-refractivity contribution in [3.8, 4) is 0 Å². The zero-order chi connectivity index (χ0) is 18.6. The number of imidazole rings is 1. The molecule has 4 fully saturated rings. The van der Waals surface area contributed by atoms with Crippen LogP contribution in [-0.4, -0.2) is 71.6 Å². The number of amides is 2. The van der Waals surface area contributed by atoms with Crippen molar-refractivity contribution in [2.75, 3.05) is 33.7 Å². The molecule has 0 atom stereocenters. The number of aryl methyl sites for hydroxylation is 1. The van der Waals surface area contributed by atoms with Crippen LogP contribution in [0, 0.1) is 12.3 Å². The molecule has 4 aliphatic rings. The Bertz CT molecular complexity index is 729. The molecule has 5 rings (SSSR count). The molecule has 8 heteroatoms. The summed E-state index contributed by atoms with van der Waals surface area (Å²) >= 11 is 0. The normalized spacial score (nSPS) is 31.5. The molecule has 3 aliphatic heterocycles. The SMILES string of the molecule is Cc1ncc(C(=O)NCC23CC(C(=O)N(C)C)(C2)C2(CCNCC2)O3)[nH]1. The predicted octanol–water partition coefficient (Wildman–Crippen LogP) is 0.208. The van der Waals surface area contributed by atoms with E-state index in [-0.39, 0.29) is 11.8 Å². The third-order valence-corrected chi connectivity index (χ3v) is 6.28. The Morgan fingerprint density at radius 3 is 2.58 bits per heavy atom. The number of rotatable bonds is 4. The molecular formula is C18H27N5O3. The zero-order valence-corrected chi connectivity index (χ0v) is 15.6. The number of ether oxygens (including phenoxy) is 1. The second-order valence-electron chi connectivity index (χ2n) is 8.23. The van der Waals surface area contributed by atoms with E-state index in [4.69, 9.17) is 4.74 Å². The Balaban J connectivity index is 1.50. The summed E-state index contributed by atoms with van der Waals surface area (Å²) in [4.78, 5) is 34.0. The quantitative estimate of drug-likeness (QED) is 0.712. The van der Waals surface area contributed by atoms with Crippen molar-refractivity contribution < 1.29 is 14.3 Å². The minimum atomic E-state index is -0.450. The molecule has 2 amide bonds. The van der Waals surface area contributed by atoms with Gasteiger partial charge in [-0.25, -0.2) is 4.98 Å². The summed E-state index contributed by atoms with van der Waals surface area (Å²) in [5, 5.41) is 6.33. The van der Waals surface area contributed by atoms with E-state index in [2.05, 4.69) is 20.6 Å². The van der Waals surface area contributed by atoms with Crippen LogP contribution >= 0.6 is 0 Å². The molecule has 1 aromatic heterocycles. The third kappa shape index (κ3) is 2.39. The first-order valence-corrected chi connectivity index (χ1v) is 9.24. The maximum atomic E-state index is 13.0. The van der Waals surface area contributed by atoms with Gasteiger partial charge in [-0.1, -0.05) is 0 Å². The van der Waals surface area contributed by atoms with Crippen molar-refractivity contribution in [3.63, 3.8) is 0 Å². The fourth-order valence-corrected chi connectivity index (χ4v) is 5.17. The van der Waals surface area contributed by atoms with Gasteiger partial charge in [0.05, 0.1) is 22.8 Å². The molecule has 1 saturated carbocycles. The summed E-state index contributed by atoms with van der Waals surface area (Å²) in [7, 11) is 3.62.